The molecule has 0 fully saturated rings. The van der Waals surface area contributed by atoms with Crippen molar-refractivity contribution in [3.63, 3.8) is 0 Å². The normalized spacial score (nSPS) is 10.8. The first-order valence-electron chi connectivity index (χ1n) is 11.0. The lowest BCUT2D eigenvalue weighted by Gasteiger charge is -2.14. The van der Waals surface area contributed by atoms with Crippen LogP contribution in [-0.4, -0.2) is 32.7 Å². The predicted molar refractivity (Wildman–Crippen MR) is 136 cm³/mol. The number of carbonyl (C=O) groups is 2. The summed E-state index contributed by atoms with van der Waals surface area (Å²) in [5.74, 6) is -0.244. The third kappa shape index (κ3) is 5.57. The molecule has 0 spiro atoms. The first-order chi connectivity index (χ1) is 15.9. The molecule has 0 aliphatic heterocycles. The lowest BCUT2D eigenvalue weighted by Crippen LogP contribution is -2.24. The van der Waals surface area contributed by atoms with E-state index in [9.17, 15) is 14.4 Å². The van der Waals surface area contributed by atoms with Crippen LogP contribution in [0.4, 0.5) is 11.4 Å². The van der Waals surface area contributed by atoms with E-state index in [2.05, 4.69) is 24.5 Å². The fourth-order valence-electron chi connectivity index (χ4n) is 3.70. The molecule has 7 nitrogen and oxygen atoms in total. The van der Waals surface area contributed by atoms with Gasteiger partial charge < -0.3 is 10.6 Å². The SMILES string of the molecule is CCc1cccc(CC)c1NC(=O)CSCC(=O)Nc1c(C)n(C)n(-c2ccccc2)c1=O. The monoisotopic (exact) mass is 466 g/mol. The first kappa shape index (κ1) is 24.4. The topological polar surface area (TPSA) is 85.1 Å². The van der Waals surface area contributed by atoms with E-state index in [4.69, 9.17) is 0 Å². The molecule has 174 valence electrons. The van der Waals surface area contributed by atoms with Crippen molar-refractivity contribution in [3.8, 4) is 5.69 Å². The van der Waals surface area contributed by atoms with E-state index in [1.54, 1.807) is 18.7 Å². The van der Waals surface area contributed by atoms with Gasteiger partial charge >= 0.3 is 0 Å². The number of hydrogen-bond acceptors (Lipinski definition) is 4. The molecule has 3 aromatic rings. The lowest BCUT2D eigenvalue weighted by molar-refractivity contribution is -0.114. The van der Waals surface area contributed by atoms with Gasteiger partial charge in [0.05, 0.1) is 22.9 Å². The average Bonchev–Trinajstić information content (AvgIpc) is 3.02. The Morgan fingerprint density at radius 2 is 1.39 bits per heavy atom. The Hall–Kier alpha value is -3.26. The molecule has 3 rings (SSSR count). The number of rotatable bonds is 9. The molecule has 2 aromatic carbocycles. The fourth-order valence-corrected chi connectivity index (χ4v) is 4.32. The van der Waals surface area contributed by atoms with E-state index in [0.717, 1.165) is 35.3 Å². The van der Waals surface area contributed by atoms with Crippen LogP contribution in [0.3, 0.4) is 0 Å². The van der Waals surface area contributed by atoms with Gasteiger partial charge in [0, 0.05) is 12.7 Å². The summed E-state index contributed by atoms with van der Waals surface area (Å²) in [6.45, 7) is 5.90. The molecule has 0 aliphatic carbocycles. The molecular weight excluding hydrogens is 436 g/mol. The van der Waals surface area contributed by atoms with Gasteiger partial charge in [0.25, 0.3) is 5.56 Å². The van der Waals surface area contributed by atoms with Gasteiger partial charge in [-0.3, -0.25) is 19.1 Å². The lowest BCUT2D eigenvalue weighted by atomic mass is 10.0. The Balaban J connectivity index is 1.60. The largest absolute Gasteiger partial charge is 0.325 e. The summed E-state index contributed by atoms with van der Waals surface area (Å²) in [6.07, 6.45) is 1.66. The molecular formula is C25H30N4O3S. The number of hydrogen-bond donors (Lipinski definition) is 2. The molecule has 1 aromatic heterocycles. The quantitative estimate of drug-likeness (QED) is 0.501. The van der Waals surface area contributed by atoms with Crippen LogP contribution in [0.25, 0.3) is 5.69 Å². The Kier molecular flexibility index (Phi) is 8.16. The zero-order valence-corrected chi connectivity index (χ0v) is 20.3. The predicted octanol–water partition coefficient (Wildman–Crippen LogP) is 3.92. The van der Waals surface area contributed by atoms with Gasteiger partial charge in [-0.15, -0.1) is 11.8 Å². The minimum atomic E-state index is -0.318. The number of nitrogens with zero attached hydrogens (tertiary/aromatic N) is 2. The Labute approximate surface area is 198 Å². The minimum Gasteiger partial charge on any atom is -0.325 e. The third-order valence-corrected chi connectivity index (χ3v) is 6.48. The van der Waals surface area contributed by atoms with Crippen LogP contribution in [-0.2, 0) is 29.5 Å². The number of benzene rings is 2. The van der Waals surface area contributed by atoms with Crippen molar-refractivity contribution in [1.82, 2.24) is 9.36 Å². The van der Waals surface area contributed by atoms with Crippen molar-refractivity contribution in [1.29, 1.82) is 0 Å². The Morgan fingerprint density at radius 3 is 1.94 bits per heavy atom. The van der Waals surface area contributed by atoms with Gasteiger partial charge in [-0.2, -0.15) is 0 Å². The molecule has 0 bridgehead atoms. The maximum absolute atomic E-state index is 12.9. The molecule has 8 heteroatoms. The highest BCUT2D eigenvalue weighted by molar-refractivity contribution is 8.00. The maximum Gasteiger partial charge on any atom is 0.295 e. The van der Waals surface area contributed by atoms with Crippen molar-refractivity contribution in [2.24, 2.45) is 7.05 Å². The van der Waals surface area contributed by atoms with Crippen molar-refractivity contribution >= 4 is 35.0 Å². The highest BCUT2D eigenvalue weighted by atomic mass is 32.2. The summed E-state index contributed by atoms with van der Waals surface area (Å²) < 4.78 is 3.23. The van der Waals surface area contributed by atoms with Crippen LogP contribution in [0, 0.1) is 6.92 Å². The van der Waals surface area contributed by atoms with Crippen LogP contribution in [0.5, 0.6) is 0 Å². The Morgan fingerprint density at radius 1 is 0.848 bits per heavy atom. The van der Waals surface area contributed by atoms with Crippen LogP contribution < -0.4 is 16.2 Å². The first-order valence-corrected chi connectivity index (χ1v) is 12.1. The van der Waals surface area contributed by atoms with Crippen molar-refractivity contribution < 1.29 is 9.59 Å². The van der Waals surface area contributed by atoms with E-state index < -0.39 is 0 Å². The Bertz CT molecular complexity index is 1180. The van der Waals surface area contributed by atoms with Gasteiger partial charge in [-0.25, -0.2) is 4.68 Å². The standard InChI is InChI=1S/C25H30N4O3S/c1-5-18-11-10-12-19(6-2)24(18)27-22(31)16-33-15-21(30)26-23-17(3)28(4)29(25(23)32)20-13-8-7-9-14-20/h7-14H,5-6,15-16H2,1-4H3,(H,26,30)(H,27,31). The van der Waals surface area contributed by atoms with E-state index >= 15 is 0 Å². The molecule has 0 saturated carbocycles. The van der Waals surface area contributed by atoms with E-state index in [1.165, 1.54) is 16.4 Å². The number of anilines is 2. The number of thioether (sulfide) groups is 1. The number of carbonyl (C=O) groups excluding carboxylic acids is 2. The van der Waals surface area contributed by atoms with Crippen LogP contribution in [0.2, 0.25) is 0 Å². The van der Waals surface area contributed by atoms with E-state index in [1.807, 2.05) is 48.5 Å². The minimum absolute atomic E-state index is 0.0720. The van der Waals surface area contributed by atoms with Crippen molar-refractivity contribution in [3.05, 3.63) is 75.7 Å². The fraction of sp³-hybridized carbons (Fsp3) is 0.320. The molecule has 2 N–H and O–H groups in total. The molecule has 0 unspecified atom stereocenters. The second-order valence-corrected chi connectivity index (χ2v) is 8.67. The zero-order valence-electron chi connectivity index (χ0n) is 19.5. The van der Waals surface area contributed by atoms with Crippen LogP contribution in [0.1, 0.15) is 30.7 Å². The second kappa shape index (κ2) is 11.0. The molecule has 0 atom stereocenters. The van der Waals surface area contributed by atoms with Crippen molar-refractivity contribution in [2.45, 2.75) is 33.6 Å². The summed E-state index contributed by atoms with van der Waals surface area (Å²) in [6, 6.07) is 15.3. The number of para-hydroxylation sites is 2. The maximum atomic E-state index is 12.9. The highest BCUT2D eigenvalue weighted by Crippen LogP contribution is 2.23. The summed E-state index contributed by atoms with van der Waals surface area (Å²) in [5.41, 5.74) is 4.40. The van der Waals surface area contributed by atoms with Gasteiger partial charge in [0.2, 0.25) is 11.8 Å². The highest BCUT2D eigenvalue weighted by Gasteiger charge is 2.18. The molecule has 33 heavy (non-hydrogen) atoms. The summed E-state index contributed by atoms with van der Waals surface area (Å²) in [7, 11) is 1.77. The molecule has 2 amide bonds. The number of aryl methyl sites for hydroxylation is 2. The zero-order chi connectivity index (χ0) is 24.0. The number of nitrogens with one attached hydrogen (secondary N) is 2. The summed E-state index contributed by atoms with van der Waals surface area (Å²) >= 11 is 1.21. The average molecular weight is 467 g/mol. The van der Waals surface area contributed by atoms with Crippen LogP contribution in [0.15, 0.2) is 53.3 Å². The molecule has 1 heterocycles. The number of amides is 2. The van der Waals surface area contributed by atoms with Gasteiger partial charge in [0.1, 0.15) is 5.69 Å². The van der Waals surface area contributed by atoms with Gasteiger partial charge in [-0.1, -0.05) is 50.2 Å². The van der Waals surface area contributed by atoms with E-state index in [-0.39, 0.29) is 34.6 Å². The van der Waals surface area contributed by atoms with Gasteiger partial charge in [-0.05, 0) is 43.0 Å². The van der Waals surface area contributed by atoms with Crippen LogP contribution >= 0.6 is 11.8 Å². The van der Waals surface area contributed by atoms with Gasteiger partial charge in [0.15, 0.2) is 0 Å². The molecule has 0 aliphatic rings. The summed E-state index contributed by atoms with van der Waals surface area (Å²) in [5, 5.41) is 5.73. The molecule has 0 saturated heterocycles. The van der Waals surface area contributed by atoms with E-state index in [0.29, 0.717) is 5.69 Å². The second-order valence-electron chi connectivity index (χ2n) is 7.68. The number of aromatic nitrogens is 2. The molecule has 0 radical (unpaired) electrons. The van der Waals surface area contributed by atoms with Crippen molar-refractivity contribution in [2.75, 3.05) is 22.1 Å². The summed E-state index contributed by atoms with van der Waals surface area (Å²) in [4.78, 5) is 37.9. The third-order valence-electron chi connectivity index (χ3n) is 5.55. The smallest absolute Gasteiger partial charge is 0.295 e.